The molecule has 30 heavy (non-hydrogen) atoms. The molecule has 0 saturated carbocycles. The number of rotatable bonds is 7. The number of fused-ring (bicyclic) bond motifs is 1. The number of ketones is 2. The van der Waals surface area contributed by atoms with E-state index in [-0.39, 0.29) is 6.42 Å². The van der Waals surface area contributed by atoms with Gasteiger partial charge < -0.3 is 19.5 Å². The summed E-state index contributed by atoms with van der Waals surface area (Å²) < 4.78 is 11.1. The lowest BCUT2D eigenvalue weighted by Gasteiger charge is -2.35. The van der Waals surface area contributed by atoms with Crippen LogP contribution < -0.4 is 9.47 Å². The van der Waals surface area contributed by atoms with Gasteiger partial charge in [-0.1, -0.05) is 25.1 Å². The molecule has 3 rings (SSSR count). The zero-order valence-corrected chi connectivity index (χ0v) is 17.3. The number of nitrogens with zero attached hydrogens (tertiary/aromatic N) is 1. The number of likely N-dealkylation sites (N-methyl/N-ethyl adjacent to an activating group) is 1. The molecule has 2 aromatic rings. The second kappa shape index (κ2) is 8.67. The van der Waals surface area contributed by atoms with Crippen LogP contribution in [-0.4, -0.2) is 59.9 Å². The normalized spacial score (nSPS) is 14.5. The first kappa shape index (κ1) is 21.5. The molecule has 0 unspecified atom stereocenters. The summed E-state index contributed by atoms with van der Waals surface area (Å²) in [6, 6.07) is 12.5. The second-order valence-electron chi connectivity index (χ2n) is 7.23. The van der Waals surface area contributed by atoms with Gasteiger partial charge in [0.1, 0.15) is 19.8 Å². The fourth-order valence-electron chi connectivity index (χ4n) is 3.45. The lowest BCUT2D eigenvalue weighted by molar-refractivity contribution is -0.141. The van der Waals surface area contributed by atoms with Gasteiger partial charge in [0.05, 0.1) is 0 Å². The summed E-state index contributed by atoms with van der Waals surface area (Å²) in [6.45, 7) is 3.19. The van der Waals surface area contributed by atoms with Crippen molar-refractivity contribution in [3.8, 4) is 22.6 Å². The van der Waals surface area contributed by atoms with E-state index in [1.165, 1.54) is 14.0 Å². The number of hydrogen-bond donors (Lipinski definition) is 1. The fourth-order valence-corrected chi connectivity index (χ4v) is 3.45. The van der Waals surface area contributed by atoms with Gasteiger partial charge >= 0.3 is 0 Å². The summed E-state index contributed by atoms with van der Waals surface area (Å²) in [7, 11) is 1.40. The highest BCUT2D eigenvalue weighted by molar-refractivity contribution is 6.15. The van der Waals surface area contributed by atoms with Crippen LogP contribution in [0.15, 0.2) is 42.5 Å². The Hall–Kier alpha value is -3.19. The quantitative estimate of drug-likeness (QED) is 0.704. The van der Waals surface area contributed by atoms with Crippen LogP contribution in [0.5, 0.6) is 11.5 Å². The van der Waals surface area contributed by atoms with E-state index in [0.717, 1.165) is 16.0 Å². The van der Waals surface area contributed by atoms with Gasteiger partial charge in [0, 0.05) is 19.0 Å². The predicted octanol–water partition coefficient (Wildman–Crippen LogP) is 2.50. The van der Waals surface area contributed by atoms with Crippen molar-refractivity contribution in [2.75, 3.05) is 26.9 Å². The standard InChI is InChI=1S/C23H25NO6/c1-4-20(26)23(2,21(27)14-25)24(3)22(28)16-7-5-15(6-8-16)17-9-10-18-19(13-17)30-12-11-29-18/h5-10,13,25H,4,11-12,14H2,1-3H3/t23-/m0/s1. The number of ether oxygens (including phenoxy) is 2. The van der Waals surface area contributed by atoms with Crippen LogP contribution in [0.25, 0.3) is 11.1 Å². The largest absolute Gasteiger partial charge is 0.486 e. The lowest BCUT2D eigenvalue weighted by Crippen LogP contribution is -2.59. The molecule has 1 aliphatic rings. The second-order valence-corrected chi connectivity index (χ2v) is 7.23. The summed E-state index contributed by atoms with van der Waals surface area (Å²) >= 11 is 0. The Morgan fingerprint density at radius 2 is 1.57 bits per heavy atom. The summed E-state index contributed by atoms with van der Waals surface area (Å²) in [4.78, 5) is 38.8. The molecule has 0 radical (unpaired) electrons. The number of amides is 1. The van der Waals surface area contributed by atoms with E-state index in [1.807, 2.05) is 18.2 Å². The van der Waals surface area contributed by atoms with E-state index < -0.39 is 29.6 Å². The van der Waals surface area contributed by atoms with Gasteiger partial charge in [0.2, 0.25) is 0 Å². The van der Waals surface area contributed by atoms with Gasteiger partial charge in [-0.2, -0.15) is 0 Å². The lowest BCUT2D eigenvalue weighted by atomic mass is 9.87. The number of aliphatic hydroxyl groups is 1. The van der Waals surface area contributed by atoms with Crippen molar-refractivity contribution >= 4 is 17.5 Å². The number of aliphatic hydroxyl groups excluding tert-OH is 1. The van der Waals surface area contributed by atoms with E-state index in [2.05, 4.69) is 0 Å². The summed E-state index contributed by atoms with van der Waals surface area (Å²) in [5, 5.41) is 9.30. The smallest absolute Gasteiger partial charge is 0.254 e. The highest BCUT2D eigenvalue weighted by Gasteiger charge is 2.45. The molecule has 0 spiro atoms. The molecule has 2 aromatic carbocycles. The third-order valence-electron chi connectivity index (χ3n) is 5.53. The van der Waals surface area contributed by atoms with Gasteiger partial charge in [-0.05, 0) is 42.3 Å². The van der Waals surface area contributed by atoms with Gasteiger partial charge in [-0.15, -0.1) is 0 Å². The Morgan fingerprint density at radius 3 is 2.17 bits per heavy atom. The van der Waals surface area contributed by atoms with Gasteiger partial charge in [0.15, 0.2) is 28.6 Å². The van der Waals surface area contributed by atoms with Crippen LogP contribution in [0.1, 0.15) is 30.6 Å². The minimum absolute atomic E-state index is 0.0723. The Labute approximate surface area is 175 Å². The molecule has 1 N–H and O–H groups in total. The Balaban J connectivity index is 1.85. The number of carbonyl (C=O) groups is 3. The maximum Gasteiger partial charge on any atom is 0.254 e. The molecular formula is C23H25NO6. The van der Waals surface area contributed by atoms with Crippen molar-refractivity contribution in [3.63, 3.8) is 0 Å². The van der Waals surface area contributed by atoms with Crippen molar-refractivity contribution in [1.82, 2.24) is 4.90 Å². The molecule has 7 nitrogen and oxygen atoms in total. The first-order valence-electron chi connectivity index (χ1n) is 9.78. The first-order chi connectivity index (χ1) is 14.3. The fraction of sp³-hybridized carbons (Fsp3) is 0.348. The number of carbonyl (C=O) groups excluding carboxylic acids is 3. The van der Waals surface area contributed by atoms with Crippen molar-refractivity contribution in [2.45, 2.75) is 25.8 Å². The SMILES string of the molecule is CCC(=O)[C@@](C)(C(=O)CO)N(C)C(=O)c1ccc(-c2ccc3c(c2)OCCO3)cc1. The third kappa shape index (κ3) is 3.80. The number of Topliss-reactive ketones (excluding diaryl/α,β-unsaturated/α-hetero) is 2. The molecule has 0 saturated heterocycles. The molecule has 0 bridgehead atoms. The Morgan fingerprint density at radius 1 is 0.967 bits per heavy atom. The van der Waals surface area contributed by atoms with Gasteiger partial charge in [-0.3, -0.25) is 14.4 Å². The topological polar surface area (TPSA) is 93.1 Å². The maximum absolute atomic E-state index is 13.0. The predicted molar refractivity (Wildman–Crippen MR) is 111 cm³/mol. The van der Waals surface area contributed by atoms with Crippen LogP contribution in [-0.2, 0) is 9.59 Å². The Kier molecular flexibility index (Phi) is 6.22. The minimum atomic E-state index is -1.71. The first-order valence-corrected chi connectivity index (χ1v) is 9.78. The van der Waals surface area contributed by atoms with Crippen LogP contribution in [0.2, 0.25) is 0 Å². The van der Waals surface area contributed by atoms with Gasteiger partial charge in [-0.25, -0.2) is 0 Å². The monoisotopic (exact) mass is 411 g/mol. The van der Waals surface area contributed by atoms with Crippen molar-refractivity contribution in [1.29, 1.82) is 0 Å². The van der Waals surface area contributed by atoms with Crippen molar-refractivity contribution in [3.05, 3.63) is 48.0 Å². The maximum atomic E-state index is 13.0. The molecular weight excluding hydrogens is 386 g/mol. The molecule has 158 valence electrons. The highest BCUT2D eigenvalue weighted by Crippen LogP contribution is 2.34. The van der Waals surface area contributed by atoms with Crippen LogP contribution in [0.4, 0.5) is 0 Å². The zero-order chi connectivity index (χ0) is 21.9. The summed E-state index contributed by atoms with van der Waals surface area (Å²) in [5.74, 6) is -0.236. The highest BCUT2D eigenvalue weighted by atomic mass is 16.6. The van der Waals surface area contributed by atoms with Crippen LogP contribution in [0.3, 0.4) is 0 Å². The molecule has 1 aliphatic heterocycles. The number of hydrogen-bond acceptors (Lipinski definition) is 6. The molecule has 0 fully saturated rings. The average Bonchev–Trinajstić information content (AvgIpc) is 2.81. The molecule has 1 heterocycles. The van der Waals surface area contributed by atoms with E-state index in [9.17, 15) is 19.5 Å². The molecule has 7 heteroatoms. The minimum Gasteiger partial charge on any atom is -0.486 e. The van der Waals surface area contributed by atoms with Crippen LogP contribution in [0, 0.1) is 0 Å². The van der Waals surface area contributed by atoms with E-state index in [4.69, 9.17) is 9.47 Å². The van der Waals surface area contributed by atoms with E-state index >= 15 is 0 Å². The van der Waals surface area contributed by atoms with Crippen molar-refractivity contribution < 1.29 is 29.0 Å². The Bertz CT molecular complexity index is 950. The molecule has 1 atom stereocenters. The van der Waals surface area contributed by atoms with Crippen LogP contribution >= 0.6 is 0 Å². The number of benzene rings is 2. The summed E-state index contributed by atoms with van der Waals surface area (Å²) in [5.41, 5.74) is 0.410. The molecule has 1 amide bonds. The molecule has 0 aliphatic carbocycles. The third-order valence-corrected chi connectivity index (χ3v) is 5.53. The van der Waals surface area contributed by atoms with Gasteiger partial charge in [0.25, 0.3) is 5.91 Å². The average molecular weight is 411 g/mol. The summed E-state index contributed by atoms with van der Waals surface area (Å²) in [6.07, 6.45) is 0.0723. The van der Waals surface area contributed by atoms with Crippen molar-refractivity contribution in [2.24, 2.45) is 0 Å². The zero-order valence-electron chi connectivity index (χ0n) is 17.3. The molecule has 0 aromatic heterocycles. The van der Waals surface area contributed by atoms with E-state index in [1.54, 1.807) is 31.2 Å². The van der Waals surface area contributed by atoms with E-state index in [0.29, 0.717) is 30.3 Å².